The van der Waals surface area contributed by atoms with Gasteiger partial charge in [-0.2, -0.15) is 5.10 Å². The van der Waals surface area contributed by atoms with Gasteiger partial charge >= 0.3 is 0 Å². The SMILES string of the molecule is CSc1ccc(C)c(NC(=O)c2cn[nH]c2-c2ccco2)c1. The summed E-state index contributed by atoms with van der Waals surface area (Å²) in [6, 6.07) is 9.53. The highest BCUT2D eigenvalue weighted by Crippen LogP contribution is 2.25. The second kappa shape index (κ2) is 6.11. The molecule has 22 heavy (non-hydrogen) atoms. The average Bonchev–Trinajstić information content (AvgIpc) is 3.19. The van der Waals surface area contributed by atoms with Crippen molar-refractivity contribution in [2.24, 2.45) is 0 Å². The summed E-state index contributed by atoms with van der Waals surface area (Å²) in [5.74, 6) is 0.360. The van der Waals surface area contributed by atoms with Crippen LogP contribution in [0.3, 0.4) is 0 Å². The standard InChI is InChI=1S/C16H15N3O2S/c1-10-5-6-11(22-2)8-13(10)18-16(20)12-9-17-19-15(12)14-4-3-7-21-14/h3-9H,1-2H3,(H,17,19)(H,18,20). The Morgan fingerprint density at radius 2 is 2.23 bits per heavy atom. The molecule has 1 aromatic carbocycles. The van der Waals surface area contributed by atoms with Crippen molar-refractivity contribution in [3.8, 4) is 11.5 Å². The highest BCUT2D eigenvalue weighted by Gasteiger charge is 2.17. The molecule has 0 aliphatic carbocycles. The van der Waals surface area contributed by atoms with Crippen LogP contribution >= 0.6 is 11.8 Å². The number of anilines is 1. The number of thioether (sulfide) groups is 1. The Kier molecular flexibility index (Phi) is 4.02. The van der Waals surface area contributed by atoms with Crippen LogP contribution in [0.1, 0.15) is 15.9 Å². The zero-order valence-corrected chi connectivity index (χ0v) is 13.0. The minimum absolute atomic E-state index is 0.221. The smallest absolute Gasteiger partial charge is 0.259 e. The molecule has 1 amide bonds. The third-order valence-electron chi connectivity index (χ3n) is 3.34. The Morgan fingerprint density at radius 1 is 1.36 bits per heavy atom. The van der Waals surface area contributed by atoms with E-state index in [1.165, 1.54) is 6.20 Å². The fourth-order valence-corrected chi connectivity index (χ4v) is 2.56. The predicted octanol–water partition coefficient (Wildman–Crippen LogP) is 3.95. The van der Waals surface area contributed by atoms with Crippen molar-refractivity contribution in [1.29, 1.82) is 0 Å². The Morgan fingerprint density at radius 3 is 2.95 bits per heavy atom. The Labute approximate surface area is 132 Å². The normalized spacial score (nSPS) is 10.6. The van der Waals surface area contributed by atoms with E-state index in [-0.39, 0.29) is 5.91 Å². The summed E-state index contributed by atoms with van der Waals surface area (Å²) in [4.78, 5) is 13.6. The molecule has 0 unspecified atom stereocenters. The number of hydrogen-bond acceptors (Lipinski definition) is 4. The fraction of sp³-hybridized carbons (Fsp3) is 0.125. The first-order valence-corrected chi connectivity index (χ1v) is 7.94. The lowest BCUT2D eigenvalue weighted by atomic mass is 10.1. The molecule has 0 aliphatic heterocycles. The Hall–Kier alpha value is -2.47. The number of carbonyl (C=O) groups is 1. The molecule has 0 saturated carbocycles. The van der Waals surface area contributed by atoms with Crippen molar-refractivity contribution in [1.82, 2.24) is 10.2 Å². The molecular formula is C16H15N3O2S. The molecule has 2 aromatic heterocycles. The molecule has 2 N–H and O–H groups in total. The van der Waals surface area contributed by atoms with E-state index in [1.807, 2.05) is 31.4 Å². The maximum Gasteiger partial charge on any atom is 0.259 e. The van der Waals surface area contributed by atoms with Crippen molar-refractivity contribution in [3.05, 3.63) is 53.9 Å². The van der Waals surface area contributed by atoms with Gasteiger partial charge in [-0.1, -0.05) is 6.07 Å². The minimum atomic E-state index is -0.221. The van der Waals surface area contributed by atoms with E-state index in [9.17, 15) is 4.79 Å². The Bertz CT molecular complexity index is 794. The van der Waals surface area contributed by atoms with Crippen LogP contribution in [0.2, 0.25) is 0 Å². The second-order valence-corrected chi connectivity index (χ2v) is 5.65. The molecular weight excluding hydrogens is 298 g/mol. The van der Waals surface area contributed by atoms with Crippen LogP contribution in [0.15, 0.2) is 52.1 Å². The topological polar surface area (TPSA) is 70.9 Å². The molecule has 3 rings (SSSR count). The van der Waals surface area contributed by atoms with Crippen LogP contribution in [0, 0.1) is 6.92 Å². The van der Waals surface area contributed by atoms with Crippen LogP contribution in [-0.2, 0) is 0 Å². The molecule has 0 spiro atoms. The number of H-pyrrole nitrogens is 1. The highest BCUT2D eigenvalue weighted by molar-refractivity contribution is 7.98. The van der Waals surface area contributed by atoms with Gasteiger partial charge in [0.05, 0.1) is 18.0 Å². The van der Waals surface area contributed by atoms with Gasteiger partial charge < -0.3 is 9.73 Å². The number of nitrogens with one attached hydrogen (secondary N) is 2. The molecule has 0 fully saturated rings. The largest absolute Gasteiger partial charge is 0.463 e. The van der Waals surface area contributed by atoms with Gasteiger partial charge in [0.15, 0.2) is 5.76 Å². The number of carbonyl (C=O) groups excluding carboxylic acids is 1. The lowest BCUT2D eigenvalue weighted by Gasteiger charge is -2.09. The van der Waals surface area contributed by atoms with Crippen molar-refractivity contribution in [2.75, 3.05) is 11.6 Å². The third-order valence-corrected chi connectivity index (χ3v) is 4.07. The summed E-state index contributed by atoms with van der Waals surface area (Å²) in [6.45, 7) is 1.96. The van der Waals surface area contributed by atoms with Gasteiger partial charge in [-0.05, 0) is 43.0 Å². The second-order valence-electron chi connectivity index (χ2n) is 4.77. The summed E-state index contributed by atoms with van der Waals surface area (Å²) in [7, 11) is 0. The highest BCUT2D eigenvalue weighted by atomic mass is 32.2. The third kappa shape index (κ3) is 2.78. The van der Waals surface area contributed by atoms with E-state index in [2.05, 4.69) is 15.5 Å². The summed E-state index contributed by atoms with van der Waals surface area (Å²) >= 11 is 1.63. The van der Waals surface area contributed by atoms with Crippen LogP contribution < -0.4 is 5.32 Å². The van der Waals surface area contributed by atoms with Gasteiger partial charge in [-0.25, -0.2) is 0 Å². The molecule has 6 heteroatoms. The van der Waals surface area contributed by atoms with Crippen molar-refractivity contribution in [2.45, 2.75) is 11.8 Å². The summed E-state index contributed by atoms with van der Waals surface area (Å²) in [5, 5.41) is 9.69. The summed E-state index contributed by atoms with van der Waals surface area (Å²) < 4.78 is 5.32. The first kappa shape index (κ1) is 14.5. The quantitative estimate of drug-likeness (QED) is 0.715. The molecule has 3 aromatic rings. The number of hydrogen-bond donors (Lipinski definition) is 2. The lowest BCUT2D eigenvalue weighted by Crippen LogP contribution is -2.13. The molecule has 0 radical (unpaired) electrons. The van der Waals surface area contributed by atoms with Gasteiger partial charge in [-0.3, -0.25) is 9.89 Å². The molecule has 0 saturated heterocycles. The number of aryl methyl sites for hydroxylation is 1. The number of furan rings is 1. The van der Waals surface area contributed by atoms with Crippen molar-refractivity contribution in [3.63, 3.8) is 0 Å². The van der Waals surface area contributed by atoms with E-state index in [0.29, 0.717) is 17.0 Å². The van der Waals surface area contributed by atoms with E-state index in [0.717, 1.165) is 16.1 Å². The van der Waals surface area contributed by atoms with Gasteiger partial charge in [0, 0.05) is 10.6 Å². The zero-order valence-electron chi connectivity index (χ0n) is 12.2. The van der Waals surface area contributed by atoms with Crippen LogP contribution in [0.4, 0.5) is 5.69 Å². The minimum Gasteiger partial charge on any atom is -0.463 e. The van der Waals surface area contributed by atoms with E-state index < -0.39 is 0 Å². The number of rotatable bonds is 4. The van der Waals surface area contributed by atoms with Crippen LogP contribution in [0.25, 0.3) is 11.5 Å². The maximum atomic E-state index is 12.5. The number of benzene rings is 1. The van der Waals surface area contributed by atoms with Crippen molar-refractivity contribution >= 4 is 23.4 Å². The molecule has 0 atom stereocenters. The van der Waals surface area contributed by atoms with Gasteiger partial charge in [-0.15, -0.1) is 11.8 Å². The molecule has 0 bridgehead atoms. The predicted molar refractivity (Wildman–Crippen MR) is 87.2 cm³/mol. The van der Waals surface area contributed by atoms with Gasteiger partial charge in [0.2, 0.25) is 0 Å². The van der Waals surface area contributed by atoms with E-state index in [4.69, 9.17) is 4.42 Å². The first-order chi connectivity index (χ1) is 10.7. The van der Waals surface area contributed by atoms with Crippen LogP contribution in [-0.4, -0.2) is 22.4 Å². The monoisotopic (exact) mass is 313 g/mol. The maximum absolute atomic E-state index is 12.5. The van der Waals surface area contributed by atoms with E-state index >= 15 is 0 Å². The summed E-state index contributed by atoms with van der Waals surface area (Å²) in [5.41, 5.74) is 2.82. The zero-order chi connectivity index (χ0) is 15.5. The molecule has 112 valence electrons. The molecule has 2 heterocycles. The number of aromatic amines is 1. The fourth-order valence-electron chi connectivity index (χ4n) is 2.12. The van der Waals surface area contributed by atoms with Crippen LogP contribution in [0.5, 0.6) is 0 Å². The number of aromatic nitrogens is 2. The Balaban J connectivity index is 1.89. The summed E-state index contributed by atoms with van der Waals surface area (Å²) in [6.07, 6.45) is 5.06. The molecule has 0 aliphatic rings. The van der Waals surface area contributed by atoms with E-state index in [1.54, 1.807) is 30.2 Å². The first-order valence-electron chi connectivity index (χ1n) is 6.72. The number of nitrogens with zero attached hydrogens (tertiary/aromatic N) is 1. The van der Waals surface area contributed by atoms with Gasteiger partial charge in [0.25, 0.3) is 5.91 Å². The average molecular weight is 313 g/mol. The van der Waals surface area contributed by atoms with Crippen molar-refractivity contribution < 1.29 is 9.21 Å². The lowest BCUT2D eigenvalue weighted by molar-refractivity contribution is 0.102. The van der Waals surface area contributed by atoms with Gasteiger partial charge in [0.1, 0.15) is 5.69 Å². The number of amides is 1. The molecule has 5 nitrogen and oxygen atoms in total.